The lowest BCUT2D eigenvalue weighted by molar-refractivity contribution is 0.514. The predicted octanol–water partition coefficient (Wildman–Crippen LogP) is 0.468. The fourth-order valence-electron chi connectivity index (χ4n) is 1.17. The number of hydrogen-bond donors (Lipinski definition) is 1. The van der Waals surface area contributed by atoms with Crippen molar-refractivity contribution >= 4 is 30.6 Å². The summed E-state index contributed by atoms with van der Waals surface area (Å²) in [6, 6.07) is 2.22. The molecule has 0 bridgehead atoms. The van der Waals surface area contributed by atoms with Gasteiger partial charge in [0.1, 0.15) is 12.1 Å². The number of halogens is 2. The molecule has 2 heterocycles. The highest BCUT2D eigenvalue weighted by atomic mass is 35.5. The summed E-state index contributed by atoms with van der Waals surface area (Å²) < 4.78 is 0. The van der Waals surface area contributed by atoms with Gasteiger partial charge in [0.2, 0.25) is 0 Å². The van der Waals surface area contributed by atoms with Gasteiger partial charge in [0.15, 0.2) is 0 Å². The molecule has 0 aromatic carbocycles. The largest absolute Gasteiger partial charge is 0.353 e. The lowest BCUT2D eigenvalue weighted by atomic mass is 10.1. The first-order chi connectivity index (χ1) is 5.36. The van der Waals surface area contributed by atoms with Crippen LogP contribution in [0.3, 0.4) is 0 Å². The Balaban J connectivity index is 0.000000720. The van der Waals surface area contributed by atoms with Gasteiger partial charge in [-0.05, 0) is 6.07 Å². The first-order valence-corrected chi connectivity index (χ1v) is 3.63. The normalized spacial score (nSPS) is 15.3. The molecule has 2 rings (SSSR count). The van der Waals surface area contributed by atoms with Crippen LogP contribution in [0.5, 0.6) is 0 Å². The predicted molar refractivity (Wildman–Crippen MR) is 56.7 cm³/mol. The second kappa shape index (κ2) is 5.21. The maximum atomic E-state index is 5.62. The van der Waals surface area contributed by atoms with E-state index in [1.54, 1.807) is 12.5 Å². The average molecular weight is 223 g/mol. The number of hydrogen-bond acceptors (Lipinski definition) is 4. The molecule has 0 spiro atoms. The van der Waals surface area contributed by atoms with Crippen LogP contribution in [-0.4, -0.2) is 29.1 Å². The standard InChI is InChI=1S/C7H10N4.2ClH/c8-6-3-11(4-6)7-1-2-9-5-10-7;;/h1-2,5-6H,3-4,8H2;2*1H. The molecule has 0 amide bonds. The van der Waals surface area contributed by atoms with Gasteiger partial charge in [-0.2, -0.15) is 0 Å². The fraction of sp³-hybridized carbons (Fsp3) is 0.429. The second-order valence-corrected chi connectivity index (χ2v) is 2.73. The maximum Gasteiger partial charge on any atom is 0.132 e. The first-order valence-electron chi connectivity index (χ1n) is 3.63. The van der Waals surface area contributed by atoms with Crippen LogP contribution in [0.4, 0.5) is 5.82 Å². The van der Waals surface area contributed by atoms with Gasteiger partial charge < -0.3 is 10.6 Å². The molecule has 0 unspecified atom stereocenters. The highest BCUT2D eigenvalue weighted by molar-refractivity contribution is 5.85. The summed E-state index contributed by atoms with van der Waals surface area (Å²) in [5.41, 5.74) is 5.62. The van der Waals surface area contributed by atoms with Crippen LogP contribution in [0.2, 0.25) is 0 Å². The maximum absolute atomic E-state index is 5.62. The zero-order valence-electron chi connectivity index (χ0n) is 6.96. The van der Waals surface area contributed by atoms with Crippen LogP contribution < -0.4 is 10.6 Å². The molecule has 1 aliphatic heterocycles. The number of aromatic nitrogens is 2. The van der Waals surface area contributed by atoms with Gasteiger partial charge in [-0.1, -0.05) is 0 Å². The quantitative estimate of drug-likeness (QED) is 0.751. The van der Waals surface area contributed by atoms with Crippen molar-refractivity contribution in [2.45, 2.75) is 6.04 Å². The Kier molecular flexibility index (Phi) is 4.98. The number of nitrogens with two attached hydrogens (primary N) is 1. The number of nitrogens with zero attached hydrogens (tertiary/aromatic N) is 3. The van der Waals surface area contributed by atoms with Crippen LogP contribution >= 0.6 is 24.8 Å². The van der Waals surface area contributed by atoms with Crippen molar-refractivity contribution < 1.29 is 0 Å². The van der Waals surface area contributed by atoms with Crippen molar-refractivity contribution in [2.75, 3.05) is 18.0 Å². The minimum absolute atomic E-state index is 0. The molecule has 0 aliphatic carbocycles. The number of anilines is 1. The molecule has 1 saturated heterocycles. The summed E-state index contributed by atoms with van der Waals surface area (Å²) in [5, 5.41) is 0. The minimum Gasteiger partial charge on any atom is -0.353 e. The van der Waals surface area contributed by atoms with Gasteiger partial charge in [0, 0.05) is 25.3 Å². The fourth-order valence-corrected chi connectivity index (χ4v) is 1.17. The second-order valence-electron chi connectivity index (χ2n) is 2.73. The Morgan fingerprint density at radius 3 is 2.54 bits per heavy atom. The van der Waals surface area contributed by atoms with Crippen LogP contribution in [0.15, 0.2) is 18.6 Å². The van der Waals surface area contributed by atoms with E-state index in [9.17, 15) is 0 Å². The molecule has 13 heavy (non-hydrogen) atoms. The topological polar surface area (TPSA) is 55.0 Å². The average Bonchev–Trinajstić information content (AvgIpc) is 2.01. The van der Waals surface area contributed by atoms with Gasteiger partial charge in [-0.15, -0.1) is 24.8 Å². The molecule has 0 saturated carbocycles. The molecule has 0 atom stereocenters. The van der Waals surface area contributed by atoms with Crippen LogP contribution in [-0.2, 0) is 0 Å². The summed E-state index contributed by atoms with van der Waals surface area (Å²) >= 11 is 0. The SMILES string of the molecule is Cl.Cl.NC1CN(c2ccncn2)C1. The van der Waals surface area contributed by atoms with E-state index in [1.165, 1.54) is 0 Å². The van der Waals surface area contributed by atoms with E-state index in [0.29, 0.717) is 6.04 Å². The van der Waals surface area contributed by atoms with Crippen molar-refractivity contribution in [1.82, 2.24) is 9.97 Å². The highest BCUT2D eigenvalue weighted by Gasteiger charge is 2.23. The van der Waals surface area contributed by atoms with Crippen LogP contribution in [0.25, 0.3) is 0 Å². The van der Waals surface area contributed by atoms with Crippen molar-refractivity contribution in [3.05, 3.63) is 18.6 Å². The van der Waals surface area contributed by atoms with Crippen molar-refractivity contribution in [1.29, 1.82) is 0 Å². The molecule has 1 aliphatic rings. The van der Waals surface area contributed by atoms with Gasteiger partial charge in [-0.25, -0.2) is 9.97 Å². The molecule has 4 nitrogen and oxygen atoms in total. The molecule has 1 aromatic rings. The Hall–Kier alpha value is -0.580. The molecule has 74 valence electrons. The molecular weight excluding hydrogens is 211 g/mol. The van der Waals surface area contributed by atoms with Gasteiger partial charge >= 0.3 is 0 Å². The van der Waals surface area contributed by atoms with Crippen molar-refractivity contribution in [3.63, 3.8) is 0 Å². The van der Waals surface area contributed by atoms with E-state index < -0.39 is 0 Å². The van der Waals surface area contributed by atoms with Crippen LogP contribution in [0, 0.1) is 0 Å². The summed E-state index contributed by atoms with van der Waals surface area (Å²) in [4.78, 5) is 10.1. The minimum atomic E-state index is 0. The van der Waals surface area contributed by atoms with E-state index in [1.807, 2.05) is 6.07 Å². The Morgan fingerprint density at radius 2 is 2.08 bits per heavy atom. The van der Waals surface area contributed by atoms with Gasteiger partial charge in [0.25, 0.3) is 0 Å². The number of rotatable bonds is 1. The Morgan fingerprint density at radius 1 is 1.38 bits per heavy atom. The van der Waals surface area contributed by atoms with Crippen LogP contribution in [0.1, 0.15) is 0 Å². The van der Waals surface area contributed by atoms with Crippen molar-refractivity contribution in [2.24, 2.45) is 5.73 Å². The monoisotopic (exact) mass is 222 g/mol. The zero-order valence-corrected chi connectivity index (χ0v) is 8.59. The van der Waals surface area contributed by atoms with Gasteiger partial charge in [0.05, 0.1) is 0 Å². The molecular formula is C7H12Cl2N4. The summed E-state index contributed by atoms with van der Waals surface area (Å²) in [6.07, 6.45) is 3.30. The Labute approximate surface area is 89.4 Å². The molecule has 1 aromatic heterocycles. The lowest BCUT2D eigenvalue weighted by Gasteiger charge is -2.37. The summed E-state index contributed by atoms with van der Waals surface area (Å²) in [5.74, 6) is 0.974. The van der Waals surface area contributed by atoms with E-state index in [-0.39, 0.29) is 24.8 Å². The van der Waals surface area contributed by atoms with E-state index in [0.717, 1.165) is 18.9 Å². The third-order valence-electron chi connectivity index (χ3n) is 1.80. The van der Waals surface area contributed by atoms with Gasteiger partial charge in [-0.3, -0.25) is 0 Å². The third-order valence-corrected chi connectivity index (χ3v) is 1.80. The van der Waals surface area contributed by atoms with E-state index in [2.05, 4.69) is 14.9 Å². The summed E-state index contributed by atoms with van der Waals surface area (Å²) in [7, 11) is 0. The highest BCUT2D eigenvalue weighted by Crippen LogP contribution is 2.14. The smallest absolute Gasteiger partial charge is 0.132 e. The third kappa shape index (κ3) is 2.69. The molecule has 0 radical (unpaired) electrons. The summed E-state index contributed by atoms with van der Waals surface area (Å²) in [6.45, 7) is 1.83. The molecule has 1 fully saturated rings. The molecule has 6 heteroatoms. The zero-order chi connectivity index (χ0) is 7.68. The first kappa shape index (κ1) is 12.4. The Bertz CT molecular complexity index is 238. The van der Waals surface area contributed by atoms with E-state index >= 15 is 0 Å². The lowest BCUT2D eigenvalue weighted by Crippen LogP contribution is -2.56. The molecule has 2 N–H and O–H groups in total. The van der Waals surface area contributed by atoms with E-state index in [4.69, 9.17) is 5.73 Å². The van der Waals surface area contributed by atoms with Crippen molar-refractivity contribution in [3.8, 4) is 0 Å².